The molecule has 0 aliphatic carbocycles. The van der Waals surface area contributed by atoms with Gasteiger partial charge in [0.15, 0.2) is 0 Å². The first-order chi connectivity index (χ1) is 13.2. The molecule has 152 valence electrons. The third kappa shape index (κ3) is 8.54. The smallest absolute Gasteiger partial charge is 0.408 e. The minimum absolute atomic E-state index is 0.0757. The Labute approximate surface area is 165 Å². The molecule has 0 spiro atoms. The number of ether oxygens (including phenoxy) is 1. The zero-order valence-corrected chi connectivity index (χ0v) is 16.5. The van der Waals surface area contributed by atoms with E-state index in [1.54, 1.807) is 6.92 Å². The number of nitriles is 1. The second-order valence-electron chi connectivity index (χ2n) is 7.12. The highest BCUT2D eigenvalue weighted by Crippen LogP contribution is 2.09. The van der Waals surface area contributed by atoms with E-state index in [2.05, 4.69) is 10.6 Å². The Bertz CT molecular complexity index is 700. The lowest BCUT2D eigenvalue weighted by molar-refractivity contribution is -0.129. The predicted octanol–water partition coefficient (Wildman–Crippen LogP) is 1.85. The van der Waals surface area contributed by atoms with Crippen molar-refractivity contribution in [2.45, 2.75) is 52.3 Å². The molecule has 0 aliphatic rings. The fourth-order valence-corrected chi connectivity index (χ4v) is 2.53. The first kappa shape index (κ1) is 23.0. The molecule has 3 atom stereocenters. The molecule has 0 saturated heterocycles. The molecular formula is C20H28N4O4. The van der Waals surface area contributed by atoms with Gasteiger partial charge in [-0.1, -0.05) is 44.2 Å². The number of carbonyl (C=O) groups excluding carboxylic acids is 3. The van der Waals surface area contributed by atoms with Gasteiger partial charge in [-0.25, -0.2) is 4.79 Å². The van der Waals surface area contributed by atoms with Crippen molar-refractivity contribution in [3.63, 3.8) is 0 Å². The summed E-state index contributed by atoms with van der Waals surface area (Å²) in [4.78, 5) is 36.3. The largest absolute Gasteiger partial charge is 0.445 e. The second-order valence-corrected chi connectivity index (χ2v) is 7.12. The number of benzene rings is 1. The van der Waals surface area contributed by atoms with Crippen molar-refractivity contribution < 1.29 is 19.1 Å². The van der Waals surface area contributed by atoms with Gasteiger partial charge in [0.25, 0.3) is 0 Å². The molecule has 0 unspecified atom stereocenters. The molecular weight excluding hydrogens is 360 g/mol. The lowest BCUT2D eigenvalue weighted by atomic mass is 10.00. The van der Waals surface area contributed by atoms with Crippen LogP contribution in [-0.4, -0.2) is 30.0 Å². The van der Waals surface area contributed by atoms with Crippen molar-refractivity contribution in [3.8, 4) is 6.07 Å². The van der Waals surface area contributed by atoms with Crippen LogP contribution in [0.3, 0.4) is 0 Å². The molecule has 0 aliphatic heterocycles. The molecule has 3 amide bonds. The zero-order chi connectivity index (χ0) is 21.1. The van der Waals surface area contributed by atoms with E-state index < -0.39 is 35.9 Å². The number of nitrogens with one attached hydrogen (secondary N) is 2. The van der Waals surface area contributed by atoms with Crippen LogP contribution in [0.4, 0.5) is 4.79 Å². The summed E-state index contributed by atoms with van der Waals surface area (Å²) in [6.07, 6.45) is -0.277. The molecule has 0 radical (unpaired) electrons. The Kier molecular flexibility index (Phi) is 9.51. The minimum atomic E-state index is -0.987. The number of nitrogens with two attached hydrogens (primary N) is 1. The van der Waals surface area contributed by atoms with Crippen molar-refractivity contribution in [1.29, 1.82) is 5.26 Å². The predicted molar refractivity (Wildman–Crippen MR) is 104 cm³/mol. The standard InChI is InChI=1S/C20H28N4O4/c1-13(2)9-17(19(26)23-16(18(22)25)10-14(3)11-21)24-20(27)28-12-15-7-5-4-6-8-15/h4-8,13-14,16-17H,9-10,12H2,1-3H3,(H2,22,25)(H,23,26)(H,24,27)/t14-,16+,17-/m0/s1. The lowest BCUT2D eigenvalue weighted by Gasteiger charge is -2.23. The van der Waals surface area contributed by atoms with Gasteiger partial charge in [0, 0.05) is 5.92 Å². The van der Waals surface area contributed by atoms with E-state index in [1.807, 2.05) is 50.2 Å². The fourth-order valence-electron chi connectivity index (χ4n) is 2.53. The lowest BCUT2D eigenvalue weighted by Crippen LogP contribution is -2.53. The van der Waals surface area contributed by atoms with Gasteiger partial charge in [-0.2, -0.15) is 5.26 Å². The van der Waals surface area contributed by atoms with E-state index in [0.29, 0.717) is 6.42 Å². The number of rotatable bonds is 10. The summed E-state index contributed by atoms with van der Waals surface area (Å²) in [5, 5.41) is 14.0. The van der Waals surface area contributed by atoms with Crippen molar-refractivity contribution in [2.75, 3.05) is 0 Å². The van der Waals surface area contributed by atoms with Gasteiger partial charge in [0.05, 0.1) is 6.07 Å². The van der Waals surface area contributed by atoms with E-state index in [9.17, 15) is 14.4 Å². The summed E-state index contributed by atoms with van der Waals surface area (Å²) in [6, 6.07) is 9.28. The van der Waals surface area contributed by atoms with Crippen LogP contribution in [0.1, 0.15) is 39.2 Å². The SMILES string of the molecule is CC(C)C[C@H](NC(=O)OCc1ccccc1)C(=O)N[C@H](C[C@H](C)C#N)C(N)=O. The van der Waals surface area contributed by atoms with E-state index in [0.717, 1.165) is 5.56 Å². The molecule has 4 N–H and O–H groups in total. The molecule has 28 heavy (non-hydrogen) atoms. The van der Waals surface area contributed by atoms with Crippen LogP contribution < -0.4 is 16.4 Å². The highest BCUT2D eigenvalue weighted by molar-refractivity contribution is 5.90. The number of amides is 3. The molecule has 1 rings (SSSR count). The minimum Gasteiger partial charge on any atom is -0.445 e. The van der Waals surface area contributed by atoms with Gasteiger partial charge in [0.1, 0.15) is 18.7 Å². The number of carbonyl (C=O) groups is 3. The number of hydrogen-bond acceptors (Lipinski definition) is 5. The van der Waals surface area contributed by atoms with Crippen LogP contribution in [0.2, 0.25) is 0 Å². The van der Waals surface area contributed by atoms with Gasteiger partial charge < -0.3 is 21.1 Å². The van der Waals surface area contributed by atoms with Crippen molar-refractivity contribution in [3.05, 3.63) is 35.9 Å². The maximum absolute atomic E-state index is 12.6. The molecule has 0 bridgehead atoms. The maximum Gasteiger partial charge on any atom is 0.408 e. The molecule has 0 saturated carbocycles. The summed E-state index contributed by atoms with van der Waals surface area (Å²) in [5.41, 5.74) is 6.15. The van der Waals surface area contributed by atoms with E-state index in [1.165, 1.54) is 0 Å². The summed E-state index contributed by atoms with van der Waals surface area (Å²) in [7, 11) is 0. The van der Waals surface area contributed by atoms with Crippen molar-refractivity contribution in [1.82, 2.24) is 10.6 Å². The topological polar surface area (TPSA) is 134 Å². The molecule has 1 aromatic carbocycles. The van der Waals surface area contributed by atoms with Crippen LogP contribution in [0.15, 0.2) is 30.3 Å². The monoisotopic (exact) mass is 388 g/mol. The molecule has 8 nitrogen and oxygen atoms in total. The first-order valence-corrected chi connectivity index (χ1v) is 9.19. The second kappa shape index (κ2) is 11.6. The van der Waals surface area contributed by atoms with Crippen LogP contribution >= 0.6 is 0 Å². The Balaban J connectivity index is 2.71. The van der Waals surface area contributed by atoms with Gasteiger partial charge in [-0.05, 0) is 31.2 Å². The number of primary amides is 1. The fraction of sp³-hybridized carbons (Fsp3) is 0.500. The Morgan fingerprint density at radius 2 is 1.71 bits per heavy atom. The van der Waals surface area contributed by atoms with Crippen LogP contribution in [0.5, 0.6) is 0 Å². The normalized spacial score (nSPS) is 13.7. The highest BCUT2D eigenvalue weighted by atomic mass is 16.5. The van der Waals surface area contributed by atoms with Gasteiger partial charge in [-0.15, -0.1) is 0 Å². The molecule has 1 aromatic rings. The Morgan fingerprint density at radius 3 is 2.25 bits per heavy atom. The Hall–Kier alpha value is -3.08. The van der Waals surface area contributed by atoms with Crippen molar-refractivity contribution in [2.24, 2.45) is 17.6 Å². The Morgan fingerprint density at radius 1 is 1.07 bits per heavy atom. The molecule has 0 fully saturated rings. The summed E-state index contributed by atoms with van der Waals surface area (Å²) < 4.78 is 5.16. The quantitative estimate of drug-likeness (QED) is 0.562. The average molecular weight is 388 g/mol. The average Bonchev–Trinajstić information content (AvgIpc) is 2.65. The number of alkyl carbamates (subject to hydrolysis) is 1. The van der Waals surface area contributed by atoms with E-state index >= 15 is 0 Å². The number of hydrogen-bond donors (Lipinski definition) is 3. The maximum atomic E-state index is 12.6. The van der Waals surface area contributed by atoms with Crippen LogP contribution in [0, 0.1) is 23.2 Å². The van der Waals surface area contributed by atoms with Crippen molar-refractivity contribution >= 4 is 17.9 Å². The third-order valence-electron chi connectivity index (χ3n) is 4.00. The first-order valence-electron chi connectivity index (χ1n) is 9.19. The van der Waals surface area contributed by atoms with E-state index in [-0.39, 0.29) is 18.9 Å². The molecule has 8 heteroatoms. The molecule has 0 aromatic heterocycles. The zero-order valence-electron chi connectivity index (χ0n) is 16.5. The molecule has 0 heterocycles. The third-order valence-corrected chi connectivity index (χ3v) is 4.00. The van der Waals surface area contributed by atoms with E-state index in [4.69, 9.17) is 15.7 Å². The van der Waals surface area contributed by atoms with Gasteiger partial charge in [0.2, 0.25) is 11.8 Å². The van der Waals surface area contributed by atoms with Gasteiger partial charge in [-0.3, -0.25) is 9.59 Å². The highest BCUT2D eigenvalue weighted by Gasteiger charge is 2.27. The number of nitrogens with zero attached hydrogens (tertiary/aromatic N) is 1. The summed E-state index contributed by atoms with van der Waals surface area (Å²) >= 11 is 0. The summed E-state index contributed by atoms with van der Waals surface area (Å²) in [5.74, 6) is -1.62. The summed E-state index contributed by atoms with van der Waals surface area (Å²) in [6.45, 7) is 5.51. The van der Waals surface area contributed by atoms with Crippen LogP contribution in [-0.2, 0) is 20.9 Å². The van der Waals surface area contributed by atoms with Crippen LogP contribution in [0.25, 0.3) is 0 Å². The van der Waals surface area contributed by atoms with Gasteiger partial charge >= 0.3 is 6.09 Å².